The van der Waals surface area contributed by atoms with Gasteiger partial charge in [-0.2, -0.15) is 0 Å². The molecule has 20 heavy (non-hydrogen) atoms. The third-order valence-electron chi connectivity index (χ3n) is 2.63. The monoisotopic (exact) mass is 301 g/mol. The van der Waals surface area contributed by atoms with Crippen LogP contribution in [-0.4, -0.2) is 45.1 Å². The van der Waals surface area contributed by atoms with Crippen molar-refractivity contribution in [1.29, 1.82) is 0 Å². The molecule has 0 saturated heterocycles. The Labute approximate surface area is 118 Å². The number of sulfone groups is 1. The van der Waals surface area contributed by atoms with Crippen LogP contribution in [0.2, 0.25) is 0 Å². The summed E-state index contributed by atoms with van der Waals surface area (Å²) >= 11 is 0. The lowest BCUT2D eigenvalue weighted by Gasteiger charge is -2.10. The molecule has 8 heteroatoms. The van der Waals surface area contributed by atoms with Gasteiger partial charge in [0.25, 0.3) is 0 Å². The van der Waals surface area contributed by atoms with Crippen LogP contribution in [0.15, 0.2) is 23.4 Å². The molecule has 1 aromatic rings. The van der Waals surface area contributed by atoms with Crippen LogP contribution >= 0.6 is 0 Å². The van der Waals surface area contributed by atoms with Gasteiger partial charge < -0.3 is 21.0 Å². The number of nitrogens with one attached hydrogen (secondary N) is 1. The maximum atomic E-state index is 11.0. The van der Waals surface area contributed by atoms with E-state index >= 15 is 0 Å². The highest BCUT2D eigenvalue weighted by atomic mass is 32.2. The van der Waals surface area contributed by atoms with Crippen LogP contribution in [0, 0.1) is 0 Å². The van der Waals surface area contributed by atoms with E-state index in [1.165, 1.54) is 13.4 Å². The van der Waals surface area contributed by atoms with Crippen LogP contribution in [0.25, 0.3) is 0 Å². The molecule has 1 aromatic carbocycles. The molecular formula is C12H19N3O4S. The summed E-state index contributed by atoms with van der Waals surface area (Å²) in [7, 11) is -1.47. The molecule has 1 rings (SSSR count). The number of nitrogens with zero attached hydrogens (tertiary/aromatic N) is 1. The molecule has 7 nitrogen and oxygen atoms in total. The summed E-state index contributed by atoms with van der Waals surface area (Å²) in [5, 5.41) is 14.6. The van der Waals surface area contributed by atoms with Crippen LogP contribution < -0.4 is 15.8 Å². The molecule has 0 aliphatic heterocycles. The zero-order valence-electron chi connectivity index (χ0n) is 11.5. The van der Waals surface area contributed by atoms with Crippen molar-refractivity contribution >= 4 is 15.7 Å². The first-order chi connectivity index (χ1) is 9.37. The molecule has 0 fully saturated rings. The fourth-order valence-electron chi connectivity index (χ4n) is 1.60. The molecule has 0 spiro atoms. The number of amidine groups is 1. The number of rotatable bonds is 7. The Balaban J connectivity index is 2.69. The summed E-state index contributed by atoms with van der Waals surface area (Å²) in [5.74, 6) is 0.549. The van der Waals surface area contributed by atoms with Crippen LogP contribution in [0.3, 0.4) is 0 Å². The van der Waals surface area contributed by atoms with E-state index in [1.807, 2.05) is 0 Å². The topological polar surface area (TPSA) is 114 Å². The molecule has 0 amide bonds. The minimum absolute atomic E-state index is 0.0292. The molecule has 0 aromatic heterocycles. The molecule has 0 heterocycles. The molecule has 0 atom stereocenters. The Bertz CT molecular complexity index is 584. The highest BCUT2D eigenvalue weighted by Crippen LogP contribution is 2.19. The summed E-state index contributed by atoms with van der Waals surface area (Å²) in [6.07, 6.45) is 1.20. The second-order valence-corrected chi connectivity index (χ2v) is 6.59. The van der Waals surface area contributed by atoms with Gasteiger partial charge in [0.1, 0.15) is 15.6 Å². The first kappa shape index (κ1) is 16.3. The van der Waals surface area contributed by atoms with Gasteiger partial charge >= 0.3 is 0 Å². The summed E-state index contributed by atoms with van der Waals surface area (Å²) in [5.41, 5.74) is 6.93. The van der Waals surface area contributed by atoms with Crippen molar-refractivity contribution < 1.29 is 18.4 Å². The second-order valence-electron chi connectivity index (χ2n) is 4.33. The van der Waals surface area contributed by atoms with Gasteiger partial charge in [0.15, 0.2) is 5.84 Å². The van der Waals surface area contributed by atoms with Crippen molar-refractivity contribution in [3.05, 3.63) is 29.3 Å². The molecule has 0 saturated carbocycles. The van der Waals surface area contributed by atoms with Crippen molar-refractivity contribution in [2.75, 3.05) is 25.7 Å². The van der Waals surface area contributed by atoms with E-state index in [4.69, 9.17) is 15.7 Å². The van der Waals surface area contributed by atoms with E-state index in [0.717, 1.165) is 5.56 Å². The van der Waals surface area contributed by atoms with E-state index < -0.39 is 9.84 Å². The van der Waals surface area contributed by atoms with Crippen LogP contribution in [0.4, 0.5) is 0 Å². The van der Waals surface area contributed by atoms with E-state index in [0.29, 0.717) is 24.4 Å². The number of methoxy groups -OCH3 is 1. The van der Waals surface area contributed by atoms with Gasteiger partial charge in [-0.15, -0.1) is 0 Å². The molecule has 4 N–H and O–H groups in total. The van der Waals surface area contributed by atoms with Crippen molar-refractivity contribution in [2.24, 2.45) is 10.9 Å². The molecule has 112 valence electrons. The molecular weight excluding hydrogens is 282 g/mol. The highest BCUT2D eigenvalue weighted by molar-refractivity contribution is 7.90. The average Bonchev–Trinajstić information content (AvgIpc) is 2.41. The smallest absolute Gasteiger partial charge is 0.173 e. The molecule has 0 bridgehead atoms. The molecule has 0 aliphatic carbocycles. The first-order valence-corrected chi connectivity index (χ1v) is 7.96. The lowest BCUT2D eigenvalue weighted by Crippen LogP contribution is -2.22. The van der Waals surface area contributed by atoms with Gasteiger partial charge in [0.05, 0.1) is 18.4 Å². The summed E-state index contributed by atoms with van der Waals surface area (Å²) in [4.78, 5) is 0. The van der Waals surface area contributed by atoms with E-state index in [1.54, 1.807) is 18.2 Å². The van der Waals surface area contributed by atoms with Crippen LogP contribution in [0.5, 0.6) is 5.75 Å². The number of nitrogens with two attached hydrogens (primary N) is 1. The molecule has 0 unspecified atom stereocenters. The Morgan fingerprint density at radius 2 is 2.20 bits per heavy atom. The third-order valence-corrected chi connectivity index (χ3v) is 3.57. The predicted molar refractivity (Wildman–Crippen MR) is 76.9 cm³/mol. The van der Waals surface area contributed by atoms with Gasteiger partial charge in [-0.25, -0.2) is 8.42 Å². The van der Waals surface area contributed by atoms with Crippen molar-refractivity contribution in [1.82, 2.24) is 5.32 Å². The zero-order valence-corrected chi connectivity index (χ0v) is 12.3. The Kier molecular flexibility index (Phi) is 5.78. The maximum absolute atomic E-state index is 11.0. The largest absolute Gasteiger partial charge is 0.496 e. The van der Waals surface area contributed by atoms with Crippen molar-refractivity contribution in [3.8, 4) is 5.75 Å². The lowest BCUT2D eigenvalue weighted by molar-refractivity contribution is 0.318. The third kappa shape index (κ3) is 5.06. The van der Waals surface area contributed by atoms with Gasteiger partial charge in [0.2, 0.25) is 0 Å². The number of ether oxygens (including phenoxy) is 1. The predicted octanol–water partition coefficient (Wildman–Crippen LogP) is -0.0761. The number of hydrogen-bond acceptors (Lipinski definition) is 6. The summed E-state index contributed by atoms with van der Waals surface area (Å²) in [6.45, 7) is 0.880. The van der Waals surface area contributed by atoms with Gasteiger partial charge in [-0.3, -0.25) is 0 Å². The SMILES string of the molecule is COc1cc(CNCCS(C)(=O)=O)ccc1/C(N)=N/O. The number of oxime groups is 1. The quantitative estimate of drug-likeness (QED) is 0.213. The standard InChI is InChI=1S/C12H19N3O4S/c1-19-11-7-9(3-4-10(11)12(13)15-16)8-14-5-6-20(2,17)18/h3-4,7,14,16H,5-6,8H2,1-2H3,(H2,13,15). The van der Waals surface area contributed by atoms with Crippen LogP contribution in [-0.2, 0) is 16.4 Å². The Morgan fingerprint density at radius 3 is 2.75 bits per heavy atom. The Morgan fingerprint density at radius 1 is 1.50 bits per heavy atom. The fraction of sp³-hybridized carbons (Fsp3) is 0.417. The molecule has 0 aliphatic rings. The van der Waals surface area contributed by atoms with E-state index in [2.05, 4.69) is 10.5 Å². The zero-order chi connectivity index (χ0) is 15.2. The van der Waals surface area contributed by atoms with Gasteiger partial charge in [0, 0.05) is 19.3 Å². The highest BCUT2D eigenvalue weighted by Gasteiger charge is 2.09. The number of benzene rings is 1. The van der Waals surface area contributed by atoms with Crippen molar-refractivity contribution in [3.63, 3.8) is 0 Å². The molecule has 0 radical (unpaired) electrons. The van der Waals surface area contributed by atoms with E-state index in [-0.39, 0.29) is 11.6 Å². The van der Waals surface area contributed by atoms with Gasteiger partial charge in [-0.05, 0) is 17.7 Å². The van der Waals surface area contributed by atoms with Crippen molar-refractivity contribution in [2.45, 2.75) is 6.54 Å². The second kappa shape index (κ2) is 7.11. The average molecular weight is 301 g/mol. The van der Waals surface area contributed by atoms with Gasteiger partial charge in [-0.1, -0.05) is 11.2 Å². The summed E-state index contributed by atoms with van der Waals surface area (Å²) < 4.78 is 27.1. The Hall–Kier alpha value is -1.80. The maximum Gasteiger partial charge on any atom is 0.173 e. The van der Waals surface area contributed by atoms with Crippen LogP contribution in [0.1, 0.15) is 11.1 Å². The summed E-state index contributed by atoms with van der Waals surface area (Å²) in [6, 6.07) is 5.23. The number of hydrogen-bond donors (Lipinski definition) is 3. The first-order valence-electron chi connectivity index (χ1n) is 5.90. The van der Waals surface area contributed by atoms with E-state index in [9.17, 15) is 8.42 Å². The minimum atomic E-state index is -2.96. The minimum Gasteiger partial charge on any atom is -0.496 e. The normalized spacial score (nSPS) is 12.4. The fourth-order valence-corrected chi connectivity index (χ4v) is 2.12. The lowest BCUT2D eigenvalue weighted by atomic mass is 10.1.